The molecule has 0 radical (unpaired) electrons. The van der Waals surface area contributed by atoms with Crippen LogP contribution in [0.25, 0.3) is 10.6 Å². The van der Waals surface area contributed by atoms with Crippen LogP contribution in [0.4, 0.5) is 11.4 Å². The van der Waals surface area contributed by atoms with Gasteiger partial charge in [-0.05, 0) is 56.9 Å². The summed E-state index contributed by atoms with van der Waals surface area (Å²) >= 11 is 1.45. The summed E-state index contributed by atoms with van der Waals surface area (Å²) in [5.74, 6) is -0.196. The molecule has 28 heavy (non-hydrogen) atoms. The second-order valence-electron chi connectivity index (χ2n) is 7.13. The summed E-state index contributed by atoms with van der Waals surface area (Å²) in [6.45, 7) is 2.10. The maximum Gasteiger partial charge on any atom is 0.275 e. The Hall–Kier alpha value is -2.77. The van der Waals surface area contributed by atoms with E-state index >= 15 is 0 Å². The van der Waals surface area contributed by atoms with E-state index in [0.717, 1.165) is 29.3 Å². The van der Waals surface area contributed by atoms with Gasteiger partial charge in [0.2, 0.25) is 0 Å². The minimum Gasteiger partial charge on any atom is -0.370 e. The molecule has 3 heterocycles. The lowest BCUT2D eigenvalue weighted by Gasteiger charge is -2.22. The number of nitrogens with zero attached hydrogens (tertiary/aromatic N) is 4. The molecule has 7 heteroatoms. The first-order chi connectivity index (χ1) is 13.6. The number of rotatable bonds is 5. The minimum absolute atomic E-state index is 0.196. The van der Waals surface area contributed by atoms with E-state index in [2.05, 4.69) is 51.3 Å². The first-order valence-corrected chi connectivity index (χ1v) is 10.2. The lowest BCUT2D eigenvalue weighted by molar-refractivity contribution is 0.102. The zero-order chi connectivity index (χ0) is 19.5. The maximum atomic E-state index is 12.5. The predicted molar refractivity (Wildman–Crippen MR) is 114 cm³/mol. The van der Waals surface area contributed by atoms with Crippen LogP contribution in [0.15, 0.2) is 54.2 Å². The quantitative estimate of drug-likeness (QED) is 0.718. The molecule has 0 spiro atoms. The second-order valence-corrected chi connectivity index (χ2v) is 7.99. The Kier molecular flexibility index (Phi) is 5.36. The Labute approximate surface area is 168 Å². The largest absolute Gasteiger partial charge is 0.370 e. The van der Waals surface area contributed by atoms with Gasteiger partial charge in [0.1, 0.15) is 10.7 Å². The number of thiazole rings is 1. The van der Waals surface area contributed by atoms with Crippen molar-refractivity contribution >= 4 is 28.6 Å². The van der Waals surface area contributed by atoms with E-state index in [-0.39, 0.29) is 5.91 Å². The van der Waals surface area contributed by atoms with Crippen LogP contribution < -0.4 is 10.2 Å². The first kappa shape index (κ1) is 18.6. The van der Waals surface area contributed by atoms with Gasteiger partial charge in [0.25, 0.3) is 5.91 Å². The Morgan fingerprint density at radius 2 is 1.93 bits per heavy atom. The Morgan fingerprint density at radius 1 is 1.18 bits per heavy atom. The molecule has 2 aromatic heterocycles. The van der Waals surface area contributed by atoms with Gasteiger partial charge >= 0.3 is 0 Å². The van der Waals surface area contributed by atoms with Crippen molar-refractivity contribution in [3.05, 3.63) is 59.9 Å². The topological polar surface area (TPSA) is 61.4 Å². The van der Waals surface area contributed by atoms with Crippen LogP contribution in [-0.2, 0) is 0 Å². The number of hydrogen-bond acceptors (Lipinski definition) is 6. The zero-order valence-corrected chi connectivity index (χ0v) is 16.8. The Bertz CT molecular complexity index is 939. The van der Waals surface area contributed by atoms with Crippen molar-refractivity contribution in [1.29, 1.82) is 0 Å². The summed E-state index contributed by atoms with van der Waals surface area (Å²) in [7, 11) is 4.26. The van der Waals surface area contributed by atoms with Crippen molar-refractivity contribution in [2.75, 3.05) is 37.4 Å². The van der Waals surface area contributed by atoms with Gasteiger partial charge in [-0.15, -0.1) is 11.3 Å². The second kappa shape index (κ2) is 8.08. The average Bonchev–Trinajstić information content (AvgIpc) is 3.39. The number of carbonyl (C=O) groups is 1. The highest BCUT2D eigenvalue weighted by Crippen LogP contribution is 2.25. The van der Waals surface area contributed by atoms with Crippen LogP contribution in [0, 0.1) is 0 Å². The van der Waals surface area contributed by atoms with Gasteiger partial charge in [-0.1, -0.05) is 0 Å². The standard InChI is InChI=1S/C21H23N5OS/c1-25(2)18-9-12-26(13-18)17-5-3-16(4-6-17)23-20(27)19-14-28-21(24-19)15-7-10-22-11-8-15/h3-8,10-11,14,18H,9,12-13H2,1-2H3,(H,23,27). The molecule has 1 fully saturated rings. The average molecular weight is 394 g/mol. The maximum absolute atomic E-state index is 12.5. The summed E-state index contributed by atoms with van der Waals surface area (Å²) in [6.07, 6.45) is 4.62. The number of carbonyl (C=O) groups excluding carboxylic acids is 1. The molecule has 1 aliphatic heterocycles. The van der Waals surface area contributed by atoms with Gasteiger partial charge in [-0.3, -0.25) is 9.78 Å². The molecular weight excluding hydrogens is 370 g/mol. The molecule has 1 aliphatic rings. The normalized spacial score (nSPS) is 16.5. The predicted octanol–water partition coefficient (Wildman–Crippen LogP) is 3.60. The third-order valence-corrected chi connectivity index (χ3v) is 5.94. The summed E-state index contributed by atoms with van der Waals surface area (Å²) in [5, 5.41) is 5.53. The summed E-state index contributed by atoms with van der Waals surface area (Å²) in [6, 6.07) is 12.4. The van der Waals surface area contributed by atoms with E-state index in [0.29, 0.717) is 11.7 Å². The van der Waals surface area contributed by atoms with Crippen LogP contribution in [0.1, 0.15) is 16.9 Å². The highest BCUT2D eigenvalue weighted by Gasteiger charge is 2.24. The fourth-order valence-electron chi connectivity index (χ4n) is 3.35. The Balaban J connectivity index is 1.39. The van der Waals surface area contributed by atoms with Gasteiger partial charge in [0, 0.05) is 53.8 Å². The van der Waals surface area contributed by atoms with Crippen molar-refractivity contribution in [3.8, 4) is 10.6 Å². The molecule has 6 nitrogen and oxygen atoms in total. The van der Waals surface area contributed by atoms with Crippen LogP contribution >= 0.6 is 11.3 Å². The first-order valence-electron chi connectivity index (χ1n) is 9.29. The van der Waals surface area contributed by atoms with Crippen molar-refractivity contribution in [2.24, 2.45) is 0 Å². The minimum atomic E-state index is -0.196. The number of amides is 1. The number of nitrogens with one attached hydrogen (secondary N) is 1. The zero-order valence-electron chi connectivity index (χ0n) is 16.0. The van der Waals surface area contributed by atoms with Crippen LogP contribution in [-0.4, -0.2) is 54.0 Å². The smallest absolute Gasteiger partial charge is 0.275 e. The van der Waals surface area contributed by atoms with Gasteiger partial charge in [-0.25, -0.2) is 4.98 Å². The van der Waals surface area contributed by atoms with Gasteiger partial charge < -0.3 is 15.1 Å². The molecule has 0 bridgehead atoms. The molecule has 1 amide bonds. The van der Waals surface area contributed by atoms with E-state index < -0.39 is 0 Å². The number of benzene rings is 1. The number of hydrogen-bond donors (Lipinski definition) is 1. The molecule has 1 saturated heterocycles. The summed E-state index contributed by atoms with van der Waals surface area (Å²) < 4.78 is 0. The lowest BCUT2D eigenvalue weighted by atomic mass is 10.2. The highest BCUT2D eigenvalue weighted by molar-refractivity contribution is 7.13. The fourth-order valence-corrected chi connectivity index (χ4v) is 4.16. The SMILES string of the molecule is CN(C)C1CCN(c2ccc(NC(=O)c3csc(-c4ccncc4)n3)cc2)C1. The van der Waals surface area contributed by atoms with Gasteiger partial charge in [0.15, 0.2) is 0 Å². The monoisotopic (exact) mass is 393 g/mol. The molecule has 1 unspecified atom stereocenters. The van der Waals surface area contributed by atoms with Crippen molar-refractivity contribution in [1.82, 2.24) is 14.9 Å². The Morgan fingerprint density at radius 3 is 2.61 bits per heavy atom. The highest BCUT2D eigenvalue weighted by atomic mass is 32.1. The third-order valence-electron chi connectivity index (χ3n) is 5.05. The van der Waals surface area contributed by atoms with Crippen LogP contribution in [0.2, 0.25) is 0 Å². The number of pyridine rings is 1. The third kappa shape index (κ3) is 4.05. The molecule has 1 atom stereocenters. The molecule has 3 aromatic rings. The van der Waals surface area contributed by atoms with Crippen molar-refractivity contribution in [3.63, 3.8) is 0 Å². The van der Waals surface area contributed by atoms with Gasteiger partial charge in [-0.2, -0.15) is 0 Å². The van der Waals surface area contributed by atoms with Crippen molar-refractivity contribution in [2.45, 2.75) is 12.5 Å². The van der Waals surface area contributed by atoms with Gasteiger partial charge in [0.05, 0.1) is 0 Å². The summed E-state index contributed by atoms with van der Waals surface area (Å²) in [4.78, 5) is 25.6. The number of aromatic nitrogens is 2. The van der Waals surface area contributed by atoms with E-state index in [4.69, 9.17) is 0 Å². The van der Waals surface area contributed by atoms with Crippen molar-refractivity contribution < 1.29 is 4.79 Å². The molecule has 0 saturated carbocycles. The molecule has 4 rings (SSSR count). The fraction of sp³-hybridized carbons (Fsp3) is 0.286. The number of likely N-dealkylation sites (N-methyl/N-ethyl adjacent to an activating group) is 1. The van der Waals surface area contributed by atoms with Crippen LogP contribution in [0.5, 0.6) is 0 Å². The summed E-state index contributed by atoms with van der Waals surface area (Å²) in [5.41, 5.74) is 3.35. The van der Waals surface area contributed by atoms with E-state index in [9.17, 15) is 4.79 Å². The number of anilines is 2. The molecule has 1 N–H and O–H groups in total. The molecule has 1 aromatic carbocycles. The van der Waals surface area contributed by atoms with E-state index in [1.165, 1.54) is 23.4 Å². The molecular formula is C21H23N5OS. The molecule has 144 valence electrons. The van der Waals surface area contributed by atoms with E-state index in [1.807, 2.05) is 24.3 Å². The van der Waals surface area contributed by atoms with E-state index in [1.54, 1.807) is 17.8 Å². The lowest BCUT2D eigenvalue weighted by Crippen LogP contribution is -2.31. The van der Waals surface area contributed by atoms with Crippen LogP contribution in [0.3, 0.4) is 0 Å². The molecule has 0 aliphatic carbocycles.